The van der Waals surface area contributed by atoms with Gasteiger partial charge in [-0.3, -0.25) is 9.80 Å². The maximum absolute atomic E-state index is 13.9. The van der Waals surface area contributed by atoms with Crippen molar-refractivity contribution >= 4 is 23.4 Å². The second kappa shape index (κ2) is 10.6. The molecule has 0 aliphatic carbocycles. The topological polar surface area (TPSA) is 50.3 Å². The Morgan fingerprint density at radius 2 is 1.46 bits per heavy atom. The molecule has 3 aromatic rings. The van der Waals surface area contributed by atoms with Crippen molar-refractivity contribution in [3.63, 3.8) is 0 Å². The lowest BCUT2D eigenvalue weighted by Gasteiger charge is -2.43. The van der Waals surface area contributed by atoms with Crippen LogP contribution in [0.2, 0.25) is 0 Å². The van der Waals surface area contributed by atoms with Crippen LogP contribution < -0.4 is 9.80 Å². The fourth-order valence-electron chi connectivity index (χ4n) is 5.59. The van der Waals surface area contributed by atoms with Gasteiger partial charge in [-0.05, 0) is 43.7 Å². The van der Waals surface area contributed by atoms with Crippen molar-refractivity contribution in [2.45, 2.75) is 24.9 Å². The lowest BCUT2D eigenvalue weighted by molar-refractivity contribution is 0.108. The van der Waals surface area contributed by atoms with Gasteiger partial charge in [0.05, 0.1) is 18.4 Å². The van der Waals surface area contributed by atoms with Gasteiger partial charge < -0.3 is 9.80 Å². The third-order valence-corrected chi connectivity index (χ3v) is 7.64. The number of anilines is 2. The Hall–Kier alpha value is -3.84. The Labute approximate surface area is 219 Å². The molecule has 2 aliphatic heterocycles. The van der Waals surface area contributed by atoms with Crippen molar-refractivity contribution in [3.8, 4) is 0 Å². The van der Waals surface area contributed by atoms with Crippen LogP contribution in [0.5, 0.6) is 0 Å². The standard InChI is InChI=1S/C30H35N5O2/c1-31(24-18-20-34(21-19-24)25-14-8-5-9-15-25)22-32(2)29(36)35-28(23-12-6-4-7-13-23)26-16-10-11-17-27(26)33(3)30(35)37/h4-17,24,28H,18-22H2,1-3H3. The second-order valence-corrected chi connectivity index (χ2v) is 10.0. The first-order chi connectivity index (χ1) is 18.0. The molecule has 2 aliphatic rings. The molecule has 1 saturated heterocycles. The van der Waals surface area contributed by atoms with E-state index in [0.29, 0.717) is 12.7 Å². The maximum atomic E-state index is 13.9. The van der Waals surface area contributed by atoms with Crippen LogP contribution in [0.25, 0.3) is 0 Å². The molecule has 1 unspecified atom stereocenters. The van der Waals surface area contributed by atoms with E-state index < -0.39 is 6.04 Å². The monoisotopic (exact) mass is 497 g/mol. The van der Waals surface area contributed by atoms with E-state index in [1.165, 1.54) is 10.6 Å². The molecule has 4 amide bonds. The first-order valence-electron chi connectivity index (χ1n) is 12.9. The Morgan fingerprint density at radius 1 is 0.865 bits per heavy atom. The van der Waals surface area contributed by atoms with Gasteiger partial charge >= 0.3 is 12.1 Å². The summed E-state index contributed by atoms with van der Waals surface area (Å²) in [6, 6.07) is 27.4. The molecule has 0 bridgehead atoms. The Morgan fingerprint density at radius 3 is 2.14 bits per heavy atom. The van der Waals surface area contributed by atoms with Crippen LogP contribution in [0.3, 0.4) is 0 Å². The number of nitrogens with zero attached hydrogens (tertiary/aromatic N) is 5. The van der Waals surface area contributed by atoms with Crippen molar-refractivity contribution in [2.24, 2.45) is 0 Å². The summed E-state index contributed by atoms with van der Waals surface area (Å²) in [6.45, 7) is 2.42. The normalized spacial score (nSPS) is 18.2. The highest BCUT2D eigenvalue weighted by molar-refractivity contribution is 6.05. The summed E-state index contributed by atoms with van der Waals surface area (Å²) in [5, 5.41) is 0. The average molecular weight is 498 g/mol. The SMILES string of the molecule is CN(CN(C)C1CCN(c2ccccc2)CC1)C(=O)N1C(=O)N(C)c2ccccc2C1c1ccccc1. The van der Waals surface area contributed by atoms with Crippen molar-refractivity contribution in [3.05, 3.63) is 96.1 Å². The van der Waals surface area contributed by atoms with Crippen LogP contribution in [-0.2, 0) is 0 Å². The zero-order chi connectivity index (χ0) is 25.9. The summed E-state index contributed by atoms with van der Waals surface area (Å²) in [7, 11) is 5.59. The fraction of sp³-hybridized carbons (Fsp3) is 0.333. The molecule has 5 rings (SSSR count). The largest absolute Gasteiger partial charge is 0.371 e. The van der Waals surface area contributed by atoms with E-state index in [1.807, 2.05) is 60.7 Å². The third-order valence-electron chi connectivity index (χ3n) is 7.64. The Bertz CT molecular complexity index is 1230. The molecule has 0 aromatic heterocycles. The number of para-hydroxylation sites is 2. The van der Waals surface area contributed by atoms with E-state index in [0.717, 1.165) is 42.7 Å². The van der Waals surface area contributed by atoms with Gasteiger partial charge in [0.1, 0.15) is 0 Å². The number of hydrogen-bond acceptors (Lipinski definition) is 4. The van der Waals surface area contributed by atoms with E-state index >= 15 is 0 Å². The van der Waals surface area contributed by atoms with Gasteiger partial charge in [0.2, 0.25) is 0 Å². The van der Waals surface area contributed by atoms with E-state index in [9.17, 15) is 9.59 Å². The first kappa shape index (κ1) is 24.8. The zero-order valence-corrected chi connectivity index (χ0v) is 21.8. The highest BCUT2D eigenvalue weighted by Gasteiger charge is 2.42. The fourth-order valence-corrected chi connectivity index (χ4v) is 5.59. The van der Waals surface area contributed by atoms with Crippen molar-refractivity contribution in [1.29, 1.82) is 0 Å². The van der Waals surface area contributed by atoms with Gasteiger partial charge in [0.15, 0.2) is 0 Å². The molecular weight excluding hydrogens is 462 g/mol. The molecule has 37 heavy (non-hydrogen) atoms. The zero-order valence-electron chi connectivity index (χ0n) is 21.8. The summed E-state index contributed by atoms with van der Waals surface area (Å²) in [6.07, 6.45) is 2.05. The third kappa shape index (κ3) is 4.91. The number of benzene rings is 3. The first-order valence-corrected chi connectivity index (χ1v) is 12.9. The Kier molecular flexibility index (Phi) is 7.15. The molecule has 1 fully saturated rings. The van der Waals surface area contributed by atoms with Crippen molar-refractivity contribution in [2.75, 3.05) is 50.7 Å². The number of fused-ring (bicyclic) bond motifs is 1. The van der Waals surface area contributed by atoms with Crippen LogP contribution in [0.4, 0.5) is 21.0 Å². The summed E-state index contributed by atoms with van der Waals surface area (Å²) >= 11 is 0. The number of amides is 4. The number of carbonyl (C=O) groups is 2. The van der Waals surface area contributed by atoms with Crippen LogP contribution >= 0.6 is 0 Å². The summed E-state index contributed by atoms with van der Waals surface area (Å²) in [5.74, 6) is 0. The molecule has 192 valence electrons. The van der Waals surface area contributed by atoms with Gasteiger partial charge in [0, 0.05) is 44.5 Å². The van der Waals surface area contributed by atoms with Gasteiger partial charge in [0.25, 0.3) is 0 Å². The average Bonchev–Trinajstić information content (AvgIpc) is 2.95. The van der Waals surface area contributed by atoms with E-state index in [1.54, 1.807) is 23.9 Å². The smallest absolute Gasteiger partial charge is 0.333 e. The summed E-state index contributed by atoms with van der Waals surface area (Å²) in [5.41, 5.74) is 3.95. The van der Waals surface area contributed by atoms with Crippen LogP contribution in [0.15, 0.2) is 84.9 Å². The van der Waals surface area contributed by atoms with Crippen LogP contribution in [0.1, 0.15) is 30.0 Å². The molecule has 0 saturated carbocycles. The van der Waals surface area contributed by atoms with Crippen LogP contribution in [0, 0.1) is 0 Å². The molecule has 1 atom stereocenters. The minimum atomic E-state index is -0.476. The number of urea groups is 2. The molecular formula is C30H35N5O2. The quantitative estimate of drug-likeness (QED) is 0.452. The van der Waals surface area contributed by atoms with Gasteiger partial charge in [-0.25, -0.2) is 14.5 Å². The van der Waals surface area contributed by atoms with E-state index in [-0.39, 0.29) is 12.1 Å². The number of carbonyl (C=O) groups excluding carboxylic acids is 2. The molecule has 7 heteroatoms. The minimum Gasteiger partial charge on any atom is -0.371 e. The van der Waals surface area contributed by atoms with E-state index in [2.05, 4.69) is 41.1 Å². The number of rotatable bonds is 5. The lowest BCUT2D eigenvalue weighted by Crippen LogP contribution is -2.56. The molecule has 0 N–H and O–H groups in total. The summed E-state index contributed by atoms with van der Waals surface area (Å²) < 4.78 is 0. The van der Waals surface area contributed by atoms with Crippen molar-refractivity contribution in [1.82, 2.24) is 14.7 Å². The highest BCUT2D eigenvalue weighted by atomic mass is 16.2. The maximum Gasteiger partial charge on any atom is 0.333 e. The molecule has 7 nitrogen and oxygen atoms in total. The molecule has 2 heterocycles. The molecule has 0 radical (unpaired) electrons. The van der Waals surface area contributed by atoms with Gasteiger partial charge in [-0.1, -0.05) is 66.7 Å². The Balaban J connectivity index is 1.31. The molecule has 0 spiro atoms. The predicted octanol–water partition coefficient (Wildman–Crippen LogP) is 5.26. The summed E-state index contributed by atoms with van der Waals surface area (Å²) in [4.78, 5) is 36.7. The highest BCUT2D eigenvalue weighted by Crippen LogP contribution is 2.40. The second-order valence-electron chi connectivity index (χ2n) is 10.0. The lowest BCUT2D eigenvalue weighted by atomic mass is 9.93. The predicted molar refractivity (Wildman–Crippen MR) is 148 cm³/mol. The minimum absolute atomic E-state index is 0.297. The number of piperidine rings is 1. The van der Waals surface area contributed by atoms with Crippen molar-refractivity contribution < 1.29 is 9.59 Å². The molecule has 3 aromatic carbocycles. The van der Waals surface area contributed by atoms with E-state index in [4.69, 9.17) is 0 Å². The number of imide groups is 1. The van der Waals surface area contributed by atoms with Gasteiger partial charge in [-0.2, -0.15) is 0 Å². The van der Waals surface area contributed by atoms with Gasteiger partial charge in [-0.15, -0.1) is 0 Å². The number of hydrogen-bond donors (Lipinski definition) is 0. The van der Waals surface area contributed by atoms with Crippen LogP contribution in [-0.4, -0.2) is 73.7 Å².